The van der Waals surface area contributed by atoms with E-state index in [1.807, 2.05) is 6.07 Å². The number of hydrogen-bond acceptors (Lipinski definition) is 1. The Morgan fingerprint density at radius 2 is 1.09 bits per heavy atom. The van der Waals surface area contributed by atoms with Gasteiger partial charge >= 0.3 is 0 Å². The van der Waals surface area contributed by atoms with Crippen molar-refractivity contribution in [2.45, 2.75) is 0 Å². The molecular formula is C32H23N. The first-order chi connectivity index (χ1) is 16.3. The van der Waals surface area contributed by atoms with E-state index < -0.39 is 0 Å². The van der Waals surface area contributed by atoms with Gasteiger partial charge < -0.3 is 5.32 Å². The van der Waals surface area contributed by atoms with Gasteiger partial charge in [0.25, 0.3) is 0 Å². The molecule has 1 N–H and O–H groups in total. The fourth-order valence-corrected chi connectivity index (χ4v) is 4.60. The second kappa shape index (κ2) is 8.29. The fraction of sp³-hybridized carbons (Fsp3) is 0. The van der Waals surface area contributed by atoms with Crippen molar-refractivity contribution in [3.8, 4) is 22.3 Å². The number of anilines is 2. The van der Waals surface area contributed by atoms with E-state index >= 15 is 0 Å². The van der Waals surface area contributed by atoms with Crippen molar-refractivity contribution in [1.82, 2.24) is 0 Å². The van der Waals surface area contributed by atoms with Gasteiger partial charge in [0.2, 0.25) is 0 Å². The largest absolute Gasteiger partial charge is 0.356 e. The summed E-state index contributed by atoms with van der Waals surface area (Å²) in [7, 11) is 0. The van der Waals surface area contributed by atoms with E-state index in [4.69, 9.17) is 0 Å². The molecule has 0 unspecified atom stereocenters. The normalized spacial score (nSPS) is 11.0. The zero-order chi connectivity index (χ0) is 22.0. The van der Waals surface area contributed by atoms with Crippen LogP contribution in [-0.2, 0) is 0 Å². The van der Waals surface area contributed by atoms with Crippen LogP contribution in [0, 0.1) is 0 Å². The summed E-state index contributed by atoms with van der Waals surface area (Å²) >= 11 is 0. The molecule has 0 radical (unpaired) electrons. The quantitative estimate of drug-likeness (QED) is 0.299. The average molecular weight is 422 g/mol. The second-order valence-electron chi connectivity index (χ2n) is 8.34. The summed E-state index contributed by atoms with van der Waals surface area (Å²) in [6.45, 7) is 0. The van der Waals surface area contributed by atoms with E-state index in [0.717, 1.165) is 11.4 Å². The van der Waals surface area contributed by atoms with E-state index in [0.29, 0.717) is 0 Å². The summed E-state index contributed by atoms with van der Waals surface area (Å²) in [4.78, 5) is 0. The van der Waals surface area contributed by atoms with Crippen molar-refractivity contribution >= 4 is 32.9 Å². The van der Waals surface area contributed by atoms with Crippen molar-refractivity contribution in [2.24, 2.45) is 0 Å². The topological polar surface area (TPSA) is 12.0 Å². The van der Waals surface area contributed by atoms with E-state index in [1.54, 1.807) is 0 Å². The van der Waals surface area contributed by atoms with E-state index in [-0.39, 0.29) is 0 Å². The molecule has 0 aliphatic rings. The van der Waals surface area contributed by atoms with Crippen LogP contribution < -0.4 is 5.32 Å². The van der Waals surface area contributed by atoms with Gasteiger partial charge in [0, 0.05) is 11.4 Å². The predicted octanol–water partition coefficient (Wildman–Crippen LogP) is 9.07. The van der Waals surface area contributed by atoms with Gasteiger partial charge in [-0.25, -0.2) is 0 Å². The third-order valence-corrected chi connectivity index (χ3v) is 6.22. The number of rotatable bonds is 4. The molecule has 1 heteroatoms. The minimum Gasteiger partial charge on any atom is -0.356 e. The molecule has 33 heavy (non-hydrogen) atoms. The van der Waals surface area contributed by atoms with Gasteiger partial charge in [-0.3, -0.25) is 0 Å². The number of para-hydroxylation sites is 1. The van der Waals surface area contributed by atoms with Crippen LogP contribution in [0.25, 0.3) is 43.8 Å². The third kappa shape index (κ3) is 3.75. The molecule has 0 atom stereocenters. The van der Waals surface area contributed by atoms with Gasteiger partial charge in [0.1, 0.15) is 0 Å². The molecule has 0 aromatic heterocycles. The monoisotopic (exact) mass is 421 g/mol. The summed E-state index contributed by atoms with van der Waals surface area (Å²) in [6, 6.07) is 47.5. The lowest BCUT2D eigenvalue weighted by Gasteiger charge is -2.16. The van der Waals surface area contributed by atoms with Crippen LogP contribution in [-0.4, -0.2) is 0 Å². The summed E-state index contributed by atoms with van der Waals surface area (Å²) < 4.78 is 0. The van der Waals surface area contributed by atoms with Gasteiger partial charge in [0.15, 0.2) is 0 Å². The van der Waals surface area contributed by atoms with Crippen molar-refractivity contribution in [3.05, 3.63) is 133 Å². The standard InChI is InChI=1S/C32H23N/c1-2-13-27(14-3-1)33-28-19-20-31(30-16-8-12-24-10-6-7-15-29(24)30)32(22-28)26-18-17-23-9-4-5-11-25(23)21-26/h1-22,33H. The van der Waals surface area contributed by atoms with Gasteiger partial charge in [0.05, 0.1) is 0 Å². The Kier molecular flexibility index (Phi) is 4.86. The minimum absolute atomic E-state index is 1.08. The molecule has 0 heterocycles. The Bertz CT molecular complexity index is 1580. The second-order valence-corrected chi connectivity index (χ2v) is 8.34. The molecule has 0 aliphatic heterocycles. The Labute approximate surface area is 194 Å². The molecule has 0 aliphatic carbocycles. The maximum atomic E-state index is 3.57. The molecular weight excluding hydrogens is 398 g/mol. The van der Waals surface area contributed by atoms with Crippen LogP contribution in [0.1, 0.15) is 0 Å². The molecule has 0 spiro atoms. The van der Waals surface area contributed by atoms with Crippen molar-refractivity contribution in [1.29, 1.82) is 0 Å². The highest BCUT2D eigenvalue weighted by atomic mass is 14.9. The minimum atomic E-state index is 1.08. The Morgan fingerprint density at radius 1 is 0.364 bits per heavy atom. The van der Waals surface area contributed by atoms with E-state index in [1.165, 1.54) is 43.8 Å². The van der Waals surface area contributed by atoms with Crippen LogP contribution >= 0.6 is 0 Å². The Morgan fingerprint density at radius 3 is 1.97 bits per heavy atom. The van der Waals surface area contributed by atoms with Crippen LogP contribution in [0.3, 0.4) is 0 Å². The summed E-state index contributed by atoms with van der Waals surface area (Å²) in [5.74, 6) is 0. The molecule has 0 saturated heterocycles. The molecule has 156 valence electrons. The number of fused-ring (bicyclic) bond motifs is 2. The molecule has 6 aromatic carbocycles. The summed E-state index contributed by atoms with van der Waals surface area (Å²) in [5, 5.41) is 8.60. The Balaban J connectivity index is 1.56. The highest BCUT2D eigenvalue weighted by Crippen LogP contribution is 2.39. The zero-order valence-corrected chi connectivity index (χ0v) is 18.2. The maximum absolute atomic E-state index is 3.57. The average Bonchev–Trinajstić information content (AvgIpc) is 2.89. The highest BCUT2D eigenvalue weighted by Gasteiger charge is 2.12. The smallest absolute Gasteiger partial charge is 0.0390 e. The highest BCUT2D eigenvalue weighted by molar-refractivity contribution is 6.02. The number of nitrogens with one attached hydrogen (secondary N) is 1. The van der Waals surface area contributed by atoms with Crippen molar-refractivity contribution in [2.75, 3.05) is 5.32 Å². The lowest BCUT2D eigenvalue weighted by molar-refractivity contribution is 1.54. The van der Waals surface area contributed by atoms with Crippen molar-refractivity contribution in [3.63, 3.8) is 0 Å². The van der Waals surface area contributed by atoms with Crippen LogP contribution in [0.5, 0.6) is 0 Å². The molecule has 1 nitrogen and oxygen atoms in total. The fourth-order valence-electron chi connectivity index (χ4n) is 4.60. The molecule has 0 fully saturated rings. The first kappa shape index (κ1) is 19.3. The van der Waals surface area contributed by atoms with Gasteiger partial charge in [-0.2, -0.15) is 0 Å². The lowest BCUT2D eigenvalue weighted by Crippen LogP contribution is -1.93. The number of hydrogen-bond donors (Lipinski definition) is 1. The molecule has 6 rings (SSSR count). The lowest BCUT2D eigenvalue weighted by atomic mass is 9.90. The van der Waals surface area contributed by atoms with E-state index in [2.05, 4.69) is 133 Å². The van der Waals surface area contributed by atoms with Gasteiger partial charge in [-0.05, 0) is 74.1 Å². The van der Waals surface area contributed by atoms with Crippen LogP contribution in [0.4, 0.5) is 11.4 Å². The van der Waals surface area contributed by atoms with Crippen molar-refractivity contribution < 1.29 is 0 Å². The van der Waals surface area contributed by atoms with Gasteiger partial charge in [-0.15, -0.1) is 0 Å². The zero-order valence-electron chi connectivity index (χ0n) is 18.2. The summed E-state index contributed by atoms with van der Waals surface area (Å²) in [6.07, 6.45) is 0. The number of benzene rings is 6. The maximum Gasteiger partial charge on any atom is 0.0390 e. The first-order valence-electron chi connectivity index (χ1n) is 11.3. The molecule has 0 saturated carbocycles. The van der Waals surface area contributed by atoms with Crippen LogP contribution in [0.2, 0.25) is 0 Å². The third-order valence-electron chi connectivity index (χ3n) is 6.22. The molecule has 0 amide bonds. The van der Waals surface area contributed by atoms with E-state index in [9.17, 15) is 0 Å². The molecule has 0 bridgehead atoms. The van der Waals surface area contributed by atoms with Crippen LogP contribution in [0.15, 0.2) is 133 Å². The first-order valence-corrected chi connectivity index (χ1v) is 11.3. The Hall–Kier alpha value is -4.36. The van der Waals surface area contributed by atoms with Gasteiger partial charge in [-0.1, -0.05) is 103 Å². The predicted molar refractivity (Wildman–Crippen MR) is 142 cm³/mol. The summed E-state index contributed by atoms with van der Waals surface area (Å²) in [5.41, 5.74) is 7.09. The molecule has 6 aromatic rings. The SMILES string of the molecule is c1ccc(Nc2ccc(-c3cccc4ccccc34)c(-c3ccc4ccccc4c3)c2)cc1.